The van der Waals surface area contributed by atoms with Gasteiger partial charge in [-0.1, -0.05) is 48.2 Å². The Morgan fingerprint density at radius 3 is 1.82 bits per heavy atom. The summed E-state index contributed by atoms with van der Waals surface area (Å²) in [6, 6.07) is 24.9. The maximum atomic E-state index is 13.5. The summed E-state index contributed by atoms with van der Waals surface area (Å²) in [5.74, 6) is 2.81. The number of nitrogens with one attached hydrogen (secondary N) is 1. The summed E-state index contributed by atoms with van der Waals surface area (Å²) < 4.78 is 0. The van der Waals surface area contributed by atoms with Crippen LogP contribution in [-0.4, -0.2) is 6.03 Å². The van der Waals surface area contributed by atoms with Gasteiger partial charge in [0, 0.05) is 15.5 Å². The molecule has 4 fully saturated rings. The molecule has 0 aromatic heterocycles. The molecule has 3 aromatic carbocycles. The monoisotopic (exact) mass is 452 g/mol. The molecule has 8 rings (SSSR count). The van der Waals surface area contributed by atoms with E-state index in [1.807, 2.05) is 41.3 Å². The number of fused-ring (bicyclic) bond motifs is 2. The molecular formula is C29H28N2OS. The highest BCUT2D eigenvalue weighted by Crippen LogP contribution is 2.60. The summed E-state index contributed by atoms with van der Waals surface area (Å²) in [5, 5.41) is 3.17. The highest BCUT2D eigenvalue weighted by atomic mass is 32.2. The minimum absolute atomic E-state index is 0.113. The van der Waals surface area contributed by atoms with Crippen LogP contribution in [0, 0.1) is 17.8 Å². The molecule has 1 N–H and O–H groups in total. The first-order chi connectivity index (χ1) is 16.2. The second-order valence-corrected chi connectivity index (χ2v) is 11.7. The lowest BCUT2D eigenvalue weighted by Gasteiger charge is -2.57. The summed E-state index contributed by atoms with van der Waals surface area (Å²) in [4.78, 5) is 17.5. The van der Waals surface area contributed by atoms with Crippen LogP contribution in [0.1, 0.15) is 44.1 Å². The number of amides is 2. The van der Waals surface area contributed by atoms with Gasteiger partial charge in [-0.05, 0) is 104 Å². The Morgan fingerprint density at radius 1 is 0.758 bits per heavy atom. The summed E-state index contributed by atoms with van der Waals surface area (Å²) in [6.45, 7) is 0. The van der Waals surface area contributed by atoms with Gasteiger partial charge in [-0.3, -0.25) is 4.90 Å². The van der Waals surface area contributed by atoms with Crippen molar-refractivity contribution in [1.29, 1.82) is 0 Å². The third kappa shape index (κ3) is 3.22. The van der Waals surface area contributed by atoms with Gasteiger partial charge in [0.25, 0.3) is 0 Å². The van der Waals surface area contributed by atoms with E-state index < -0.39 is 0 Å². The lowest BCUT2D eigenvalue weighted by atomic mass is 9.48. The third-order valence-electron chi connectivity index (χ3n) is 8.42. The zero-order valence-corrected chi connectivity index (χ0v) is 19.5. The van der Waals surface area contributed by atoms with Crippen molar-refractivity contribution in [1.82, 2.24) is 0 Å². The van der Waals surface area contributed by atoms with Crippen molar-refractivity contribution in [2.75, 3.05) is 10.2 Å². The summed E-state index contributed by atoms with van der Waals surface area (Å²) in [7, 11) is 0. The van der Waals surface area contributed by atoms with Crippen molar-refractivity contribution >= 4 is 34.9 Å². The Balaban J connectivity index is 1.16. The summed E-state index contributed by atoms with van der Waals surface area (Å²) >= 11 is 1.72. The highest BCUT2D eigenvalue weighted by Gasteiger charge is 2.51. The lowest BCUT2D eigenvalue weighted by Crippen LogP contribution is -2.48. The fourth-order valence-electron chi connectivity index (χ4n) is 7.47. The van der Waals surface area contributed by atoms with E-state index in [2.05, 4.69) is 41.7 Å². The largest absolute Gasteiger partial charge is 0.331 e. The van der Waals surface area contributed by atoms with Gasteiger partial charge in [-0.25, -0.2) is 4.79 Å². The molecule has 166 valence electrons. The maximum Gasteiger partial charge on any atom is 0.331 e. The van der Waals surface area contributed by atoms with Crippen LogP contribution in [0.15, 0.2) is 82.6 Å². The van der Waals surface area contributed by atoms with Crippen LogP contribution in [0.3, 0.4) is 0 Å². The van der Waals surface area contributed by atoms with Crippen LogP contribution in [0.25, 0.3) is 0 Å². The number of rotatable bonds is 2. The topological polar surface area (TPSA) is 32.3 Å². The predicted molar refractivity (Wildman–Crippen MR) is 134 cm³/mol. The van der Waals surface area contributed by atoms with Crippen molar-refractivity contribution in [3.8, 4) is 0 Å². The van der Waals surface area contributed by atoms with Crippen LogP contribution < -0.4 is 10.2 Å². The summed E-state index contributed by atoms with van der Waals surface area (Å²) in [5.41, 5.74) is 4.61. The Morgan fingerprint density at radius 2 is 1.27 bits per heavy atom. The first-order valence-corrected chi connectivity index (χ1v) is 13.1. The maximum absolute atomic E-state index is 13.5. The number of para-hydroxylation sites is 2. The van der Waals surface area contributed by atoms with E-state index in [0.717, 1.165) is 44.6 Å². The average molecular weight is 453 g/mol. The number of carbonyl (C=O) groups excluding carboxylic acids is 1. The van der Waals surface area contributed by atoms with Gasteiger partial charge in [0.15, 0.2) is 0 Å². The molecule has 1 aliphatic heterocycles. The normalized spacial score (nSPS) is 28.8. The minimum Gasteiger partial charge on any atom is -0.307 e. The molecule has 33 heavy (non-hydrogen) atoms. The van der Waals surface area contributed by atoms with E-state index in [0.29, 0.717) is 5.41 Å². The van der Waals surface area contributed by atoms with Crippen molar-refractivity contribution < 1.29 is 4.79 Å². The Labute approximate surface area is 199 Å². The van der Waals surface area contributed by atoms with Crippen molar-refractivity contribution in [3.05, 3.63) is 78.4 Å². The molecule has 0 saturated heterocycles. The molecule has 2 amide bonds. The summed E-state index contributed by atoms with van der Waals surface area (Å²) in [6.07, 6.45) is 8.48. The SMILES string of the molecule is O=C(Nc1ccc(C23CC4CC(CC(C4)C2)C3)cc1)N1c2ccccc2Sc2ccccc21. The van der Waals surface area contributed by atoms with E-state index >= 15 is 0 Å². The van der Waals surface area contributed by atoms with Crippen LogP contribution >= 0.6 is 11.8 Å². The van der Waals surface area contributed by atoms with Gasteiger partial charge >= 0.3 is 6.03 Å². The van der Waals surface area contributed by atoms with Crippen molar-refractivity contribution in [2.24, 2.45) is 17.8 Å². The Hall–Kier alpha value is -2.72. The number of anilines is 3. The minimum atomic E-state index is -0.113. The van der Waals surface area contributed by atoms with E-state index in [9.17, 15) is 4.79 Å². The van der Waals surface area contributed by atoms with Gasteiger partial charge in [-0.15, -0.1) is 0 Å². The second kappa shape index (κ2) is 7.39. The van der Waals surface area contributed by atoms with Crippen LogP contribution in [-0.2, 0) is 5.41 Å². The molecule has 4 bridgehead atoms. The van der Waals surface area contributed by atoms with Gasteiger partial charge in [0.1, 0.15) is 0 Å². The fraction of sp³-hybridized carbons (Fsp3) is 0.345. The van der Waals surface area contributed by atoms with Crippen LogP contribution in [0.2, 0.25) is 0 Å². The predicted octanol–water partition coefficient (Wildman–Crippen LogP) is 7.99. The second-order valence-electron chi connectivity index (χ2n) is 10.6. The molecule has 4 heteroatoms. The van der Waals surface area contributed by atoms with Crippen molar-refractivity contribution in [2.45, 2.75) is 53.7 Å². The first-order valence-electron chi connectivity index (χ1n) is 12.2. The molecule has 3 nitrogen and oxygen atoms in total. The number of hydrogen-bond acceptors (Lipinski definition) is 2. The average Bonchev–Trinajstić information content (AvgIpc) is 2.82. The zero-order chi connectivity index (χ0) is 22.0. The van der Waals surface area contributed by atoms with Crippen LogP contribution in [0.5, 0.6) is 0 Å². The molecule has 4 saturated carbocycles. The first kappa shape index (κ1) is 19.7. The Kier molecular flexibility index (Phi) is 4.42. The number of nitrogens with zero attached hydrogens (tertiary/aromatic N) is 1. The van der Waals surface area contributed by atoms with Crippen molar-refractivity contribution in [3.63, 3.8) is 0 Å². The quantitative estimate of drug-likeness (QED) is 0.427. The number of benzene rings is 3. The molecule has 0 radical (unpaired) electrons. The number of urea groups is 1. The van der Waals surface area contributed by atoms with E-state index in [1.54, 1.807) is 11.8 Å². The van der Waals surface area contributed by atoms with Gasteiger partial charge in [0.05, 0.1) is 11.4 Å². The molecule has 3 aromatic rings. The highest BCUT2D eigenvalue weighted by molar-refractivity contribution is 7.99. The molecule has 0 atom stereocenters. The van der Waals surface area contributed by atoms with Gasteiger partial charge < -0.3 is 5.32 Å². The molecule has 1 heterocycles. The smallest absolute Gasteiger partial charge is 0.307 e. The number of hydrogen-bond donors (Lipinski definition) is 1. The molecule has 4 aliphatic carbocycles. The third-order valence-corrected chi connectivity index (χ3v) is 9.55. The lowest BCUT2D eigenvalue weighted by molar-refractivity contribution is -0.00518. The fourth-order valence-corrected chi connectivity index (χ4v) is 8.53. The molecular weight excluding hydrogens is 424 g/mol. The zero-order valence-electron chi connectivity index (χ0n) is 18.7. The molecule has 0 spiro atoms. The molecule has 0 unspecified atom stereocenters. The van der Waals surface area contributed by atoms with E-state index in [4.69, 9.17) is 0 Å². The standard InChI is InChI=1S/C29H28N2OS/c32-28(31-24-5-1-3-7-26(24)33-27-8-4-2-6-25(27)31)30-23-11-9-22(10-12-23)29-16-19-13-20(17-29)15-21(14-19)18-29/h1-12,19-21H,13-18H2,(H,30,32). The number of carbonyl (C=O) groups is 1. The van der Waals surface area contributed by atoms with E-state index in [-0.39, 0.29) is 6.03 Å². The Bertz CT molecular complexity index is 1150. The van der Waals surface area contributed by atoms with Gasteiger partial charge in [0.2, 0.25) is 0 Å². The van der Waals surface area contributed by atoms with Gasteiger partial charge in [-0.2, -0.15) is 0 Å². The van der Waals surface area contributed by atoms with E-state index in [1.165, 1.54) is 44.1 Å². The van der Waals surface area contributed by atoms with Crippen LogP contribution in [0.4, 0.5) is 21.9 Å². The molecule has 5 aliphatic rings.